The lowest BCUT2D eigenvalue weighted by Gasteiger charge is -2.29. The van der Waals surface area contributed by atoms with E-state index < -0.39 is 23.3 Å². The summed E-state index contributed by atoms with van der Waals surface area (Å²) in [5.41, 5.74) is 2.22. The van der Waals surface area contributed by atoms with E-state index in [0.29, 0.717) is 36.8 Å². The Balaban J connectivity index is 1.37. The van der Waals surface area contributed by atoms with Crippen molar-refractivity contribution < 1.29 is 27.0 Å². The van der Waals surface area contributed by atoms with E-state index in [0.717, 1.165) is 5.56 Å². The summed E-state index contributed by atoms with van der Waals surface area (Å²) >= 11 is 0. The van der Waals surface area contributed by atoms with Crippen LogP contribution in [0, 0.1) is 23.3 Å². The average Bonchev–Trinajstić information content (AvgIpc) is 2.88. The monoisotopic (exact) mass is 484 g/mol. The van der Waals surface area contributed by atoms with Gasteiger partial charge in [0.05, 0.1) is 19.3 Å². The van der Waals surface area contributed by atoms with Gasteiger partial charge in [-0.25, -0.2) is 13.2 Å². The van der Waals surface area contributed by atoms with Gasteiger partial charge in [-0.3, -0.25) is 0 Å². The van der Waals surface area contributed by atoms with E-state index in [9.17, 15) is 13.2 Å². The zero-order chi connectivity index (χ0) is 24.9. The largest absolute Gasteiger partial charge is 0.491 e. The number of hydrogen-bond donors (Lipinski definition) is 0. The first-order valence-corrected chi connectivity index (χ1v) is 11.8. The Kier molecular flexibility index (Phi) is 7.91. The molecule has 4 rings (SSSR count). The molecule has 1 aliphatic rings. The predicted molar refractivity (Wildman–Crippen MR) is 129 cm³/mol. The Bertz CT molecular complexity index is 1180. The summed E-state index contributed by atoms with van der Waals surface area (Å²) in [6, 6.07) is 13.3. The van der Waals surface area contributed by atoms with Gasteiger partial charge in [0.2, 0.25) is 5.82 Å². The van der Waals surface area contributed by atoms with Crippen LogP contribution in [0.2, 0.25) is 0 Å². The van der Waals surface area contributed by atoms with E-state index in [2.05, 4.69) is 6.58 Å². The molecule has 0 aromatic heterocycles. The van der Waals surface area contributed by atoms with E-state index in [1.165, 1.54) is 12.1 Å². The molecule has 0 saturated heterocycles. The molecule has 2 nitrogen and oxygen atoms in total. The van der Waals surface area contributed by atoms with Crippen molar-refractivity contribution in [1.82, 2.24) is 0 Å². The Morgan fingerprint density at radius 3 is 2.20 bits per heavy atom. The molecule has 6 heteroatoms. The highest BCUT2D eigenvalue weighted by atomic mass is 19.2. The summed E-state index contributed by atoms with van der Waals surface area (Å²) in [7, 11) is 0. The molecule has 0 unspecified atom stereocenters. The maximum atomic E-state index is 15.0. The highest BCUT2D eigenvalue weighted by molar-refractivity contribution is 5.66. The van der Waals surface area contributed by atoms with Gasteiger partial charge in [-0.15, -0.1) is 0 Å². The topological polar surface area (TPSA) is 18.5 Å². The van der Waals surface area contributed by atoms with Crippen molar-refractivity contribution in [3.8, 4) is 16.9 Å². The van der Waals surface area contributed by atoms with Crippen molar-refractivity contribution in [1.29, 1.82) is 0 Å². The van der Waals surface area contributed by atoms with Gasteiger partial charge in [0.15, 0.2) is 23.2 Å². The number of rotatable bonds is 8. The van der Waals surface area contributed by atoms with Crippen LogP contribution in [0.25, 0.3) is 17.2 Å². The lowest BCUT2D eigenvalue weighted by atomic mass is 9.82. The second-order valence-electron chi connectivity index (χ2n) is 8.72. The second-order valence-corrected chi connectivity index (χ2v) is 8.72. The van der Waals surface area contributed by atoms with Crippen molar-refractivity contribution >= 4 is 6.08 Å². The Hall–Kier alpha value is -3.12. The number of hydrogen-bond acceptors (Lipinski definition) is 2. The minimum absolute atomic E-state index is 0.0627. The molecule has 0 amide bonds. The van der Waals surface area contributed by atoms with E-state index in [-0.39, 0.29) is 42.1 Å². The third-order valence-corrected chi connectivity index (χ3v) is 6.58. The second kappa shape index (κ2) is 11.1. The fourth-order valence-corrected chi connectivity index (χ4v) is 4.60. The zero-order valence-corrected chi connectivity index (χ0v) is 19.6. The molecule has 3 aromatic carbocycles. The van der Waals surface area contributed by atoms with E-state index >= 15 is 4.39 Å². The Morgan fingerprint density at radius 1 is 0.829 bits per heavy atom. The molecule has 0 radical (unpaired) electrons. The minimum atomic E-state index is -1.02. The fourth-order valence-electron chi connectivity index (χ4n) is 4.60. The van der Waals surface area contributed by atoms with Crippen LogP contribution in [0.5, 0.6) is 5.75 Å². The first-order chi connectivity index (χ1) is 16.9. The van der Waals surface area contributed by atoms with Gasteiger partial charge >= 0.3 is 0 Å². The van der Waals surface area contributed by atoms with Gasteiger partial charge in [-0.2, -0.15) is 4.39 Å². The van der Waals surface area contributed by atoms with Gasteiger partial charge in [-0.05, 0) is 67.3 Å². The Labute approximate surface area is 203 Å². The molecule has 0 spiro atoms. The molecule has 0 heterocycles. The molecule has 1 fully saturated rings. The molecule has 0 bridgehead atoms. The van der Waals surface area contributed by atoms with Crippen LogP contribution in [0.1, 0.15) is 55.2 Å². The van der Waals surface area contributed by atoms with Crippen LogP contribution in [-0.4, -0.2) is 12.7 Å². The molecular weight excluding hydrogens is 456 g/mol. The first-order valence-electron chi connectivity index (χ1n) is 11.8. The standard InChI is InChI=1S/C29H28F4O2/c1-3-18-5-7-19(8-6-18)23-14-15-24(28(32)27(23)31)20-9-12-22(13-10-20)35-17-21-11-16-25(34-4-2)29(33)26(21)30/h3,5-8,11,14-16,20,22H,1,4,9-10,12-13,17H2,2H3. The van der Waals surface area contributed by atoms with Gasteiger partial charge in [0.25, 0.3) is 0 Å². The smallest absolute Gasteiger partial charge is 0.200 e. The van der Waals surface area contributed by atoms with Crippen molar-refractivity contribution in [2.24, 2.45) is 0 Å². The van der Waals surface area contributed by atoms with E-state index in [1.54, 1.807) is 37.3 Å². The van der Waals surface area contributed by atoms with Gasteiger partial charge in [-0.1, -0.05) is 49.1 Å². The van der Waals surface area contributed by atoms with Crippen LogP contribution < -0.4 is 4.74 Å². The summed E-state index contributed by atoms with van der Waals surface area (Å²) < 4.78 is 69.2. The van der Waals surface area contributed by atoms with Crippen molar-refractivity contribution in [2.75, 3.05) is 6.61 Å². The summed E-state index contributed by atoms with van der Waals surface area (Å²) in [6.07, 6.45) is 4.02. The molecular formula is C29H28F4O2. The number of benzene rings is 3. The quantitative estimate of drug-likeness (QED) is 0.300. The molecule has 0 aliphatic heterocycles. The molecule has 3 aromatic rings. The maximum Gasteiger partial charge on any atom is 0.200 e. The lowest BCUT2D eigenvalue weighted by molar-refractivity contribution is 0.0116. The van der Waals surface area contributed by atoms with E-state index in [1.807, 2.05) is 12.1 Å². The molecule has 184 valence electrons. The highest BCUT2D eigenvalue weighted by Crippen LogP contribution is 2.38. The van der Waals surface area contributed by atoms with Gasteiger partial charge in [0.1, 0.15) is 0 Å². The summed E-state index contributed by atoms with van der Waals surface area (Å²) in [4.78, 5) is 0. The minimum Gasteiger partial charge on any atom is -0.491 e. The SMILES string of the molecule is C=Cc1ccc(-c2ccc(C3CCC(OCc4ccc(OCC)c(F)c4F)CC3)c(F)c2F)cc1. The lowest BCUT2D eigenvalue weighted by Crippen LogP contribution is -2.21. The molecule has 0 N–H and O–H groups in total. The van der Waals surface area contributed by atoms with Crippen LogP contribution in [-0.2, 0) is 11.3 Å². The van der Waals surface area contributed by atoms with Gasteiger partial charge < -0.3 is 9.47 Å². The van der Waals surface area contributed by atoms with Crippen LogP contribution in [0.15, 0.2) is 55.1 Å². The normalized spacial score (nSPS) is 17.9. The Morgan fingerprint density at radius 2 is 1.54 bits per heavy atom. The van der Waals surface area contributed by atoms with Crippen LogP contribution in [0.4, 0.5) is 17.6 Å². The summed E-state index contributed by atoms with van der Waals surface area (Å²) in [5.74, 6) is -3.90. The number of halogens is 4. The van der Waals surface area contributed by atoms with Crippen LogP contribution in [0.3, 0.4) is 0 Å². The third-order valence-electron chi connectivity index (χ3n) is 6.58. The number of ether oxygens (including phenoxy) is 2. The molecule has 35 heavy (non-hydrogen) atoms. The van der Waals surface area contributed by atoms with E-state index in [4.69, 9.17) is 9.47 Å². The molecule has 0 atom stereocenters. The third kappa shape index (κ3) is 5.43. The fraction of sp³-hybridized carbons (Fsp3) is 0.310. The van der Waals surface area contributed by atoms with Crippen molar-refractivity contribution in [3.05, 3.63) is 95.1 Å². The van der Waals surface area contributed by atoms with Crippen molar-refractivity contribution in [3.63, 3.8) is 0 Å². The molecule has 1 aliphatic carbocycles. The van der Waals surface area contributed by atoms with Gasteiger partial charge in [0, 0.05) is 11.1 Å². The first kappa shape index (κ1) is 25.0. The highest BCUT2D eigenvalue weighted by Gasteiger charge is 2.27. The van der Waals surface area contributed by atoms with Crippen LogP contribution >= 0.6 is 0 Å². The molecule has 1 saturated carbocycles. The maximum absolute atomic E-state index is 15.0. The summed E-state index contributed by atoms with van der Waals surface area (Å²) in [6.45, 7) is 5.57. The predicted octanol–water partition coefficient (Wildman–Crippen LogP) is 8.19. The summed E-state index contributed by atoms with van der Waals surface area (Å²) in [5, 5.41) is 0. The average molecular weight is 485 g/mol. The zero-order valence-electron chi connectivity index (χ0n) is 19.6. The van der Waals surface area contributed by atoms with Crippen molar-refractivity contribution in [2.45, 2.75) is 51.2 Å².